The second-order valence-electron chi connectivity index (χ2n) is 6.81. The highest BCUT2D eigenvalue weighted by Gasteiger charge is 2.37. The van der Waals surface area contributed by atoms with Gasteiger partial charge in [0.15, 0.2) is 11.5 Å². The standard InChI is InChI=1S/C21H21N3O5/c1-24(2)11-5-6-12-15(7-11)29-21(23)14(9-22)17(12)13-8-16(25-3)19-20(18(13)26-4)28-10-27-19/h5-8,17H,10,23H2,1-4H3. The van der Waals surface area contributed by atoms with Crippen LogP contribution in [0.15, 0.2) is 35.7 Å². The van der Waals surface area contributed by atoms with E-state index in [2.05, 4.69) is 6.07 Å². The molecule has 2 aromatic carbocycles. The Balaban J connectivity index is 1.98. The van der Waals surface area contributed by atoms with Gasteiger partial charge in [0.2, 0.25) is 24.2 Å². The number of fused-ring (bicyclic) bond motifs is 2. The summed E-state index contributed by atoms with van der Waals surface area (Å²) in [5, 5.41) is 9.84. The summed E-state index contributed by atoms with van der Waals surface area (Å²) < 4.78 is 28.1. The number of rotatable bonds is 4. The number of nitrogens with two attached hydrogens (primary N) is 1. The molecular weight excluding hydrogens is 374 g/mol. The molecule has 0 bridgehead atoms. The largest absolute Gasteiger partial charge is 0.493 e. The molecule has 4 rings (SSSR count). The fourth-order valence-corrected chi connectivity index (χ4v) is 3.65. The number of hydrogen-bond donors (Lipinski definition) is 1. The van der Waals surface area contributed by atoms with Crippen LogP contribution in [0.2, 0.25) is 0 Å². The van der Waals surface area contributed by atoms with E-state index >= 15 is 0 Å². The van der Waals surface area contributed by atoms with Crippen LogP contribution in [-0.4, -0.2) is 35.1 Å². The summed E-state index contributed by atoms with van der Waals surface area (Å²) in [6, 6.07) is 9.75. The van der Waals surface area contributed by atoms with Crippen molar-refractivity contribution in [3.8, 4) is 34.8 Å². The normalized spacial score (nSPS) is 16.6. The van der Waals surface area contributed by atoms with Crippen molar-refractivity contribution in [2.75, 3.05) is 40.0 Å². The first-order valence-corrected chi connectivity index (χ1v) is 8.93. The van der Waals surface area contributed by atoms with Gasteiger partial charge in [0.05, 0.1) is 20.1 Å². The lowest BCUT2D eigenvalue weighted by Crippen LogP contribution is -2.22. The molecule has 8 heteroatoms. The van der Waals surface area contributed by atoms with Crippen molar-refractivity contribution < 1.29 is 23.7 Å². The molecule has 1 atom stereocenters. The predicted molar refractivity (Wildman–Crippen MR) is 106 cm³/mol. The molecule has 0 saturated heterocycles. The van der Waals surface area contributed by atoms with Crippen LogP contribution >= 0.6 is 0 Å². The quantitative estimate of drug-likeness (QED) is 0.844. The van der Waals surface area contributed by atoms with E-state index in [0.29, 0.717) is 34.3 Å². The third kappa shape index (κ3) is 2.83. The van der Waals surface area contributed by atoms with E-state index in [1.54, 1.807) is 20.3 Å². The summed E-state index contributed by atoms with van der Waals surface area (Å²) in [4.78, 5) is 1.96. The lowest BCUT2D eigenvalue weighted by atomic mass is 9.82. The van der Waals surface area contributed by atoms with Crippen molar-refractivity contribution in [1.29, 1.82) is 5.26 Å². The van der Waals surface area contributed by atoms with Gasteiger partial charge in [0.25, 0.3) is 0 Å². The first kappa shape index (κ1) is 18.6. The second kappa shape index (κ2) is 7.02. The molecule has 2 aliphatic rings. The fourth-order valence-electron chi connectivity index (χ4n) is 3.65. The average molecular weight is 395 g/mol. The molecule has 2 heterocycles. The highest BCUT2D eigenvalue weighted by atomic mass is 16.7. The van der Waals surface area contributed by atoms with E-state index in [-0.39, 0.29) is 18.2 Å². The van der Waals surface area contributed by atoms with Gasteiger partial charge in [-0.2, -0.15) is 5.26 Å². The highest BCUT2D eigenvalue weighted by Crippen LogP contribution is 2.55. The highest BCUT2D eigenvalue weighted by molar-refractivity contribution is 5.69. The van der Waals surface area contributed by atoms with Gasteiger partial charge in [-0.15, -0.1) is 0 Å². The van der Waals surface area contributed by atoms with Crippen LogP contribution in [0.5, 0.6) is 28.7 Å². The Morgan fingerprint density at radius 2 is 1.86 bits per heavy atom. The van der Waals surface area contributed by atoms with Gasteiger partial charge in [0.1, 0.15) is 17.4 Å². The molecule has 0 radical (unpaired) electrons. The van der Waals surface area contributed by atoms with Gasteiger partial charge in [-0.05, 0) is 12.1 Å². The van der Waals surface area contributed by atoms with Crippen LogP contribution in [0.3, 0.4) is 0 Å². The Kier molecular flexibility index (Phi) is 4.51. The molecule has 0 aromatic heterocycles. The lowest BCUT2D eigenvalue weighted by molar-refractivity contribution is 0.168. The third-order valence-corrected chi connectivity index (χ3v) is 5.05. The number of hydrogen-bond acceptors (Lipinski definition) is 8. The van der Waals surface area contributed by atoms with Gasteiger partial charge in [-0.1, -0.05) is 6.07 Å². The smallest absolute Gasteiger partial charge is 0.231 e. The summed E-state index contributed by atoms with van der Waals surface area (Å²) in [6.07, 6.45) is 0. The first-order valence-electron chi connectivity index (χ1n) is 8.93. The Morgan fingerprint density at radius 1 is 1.10 bits per heavy atom. The zero-order valence-electron chi connectivity index (χ0n) is 16.6. The van der Waals surface area contributed by atoms with Crippen LogP contribution in [0, 0.1) is 11.3 Å². The molecule has 8 nitrogen and oxygen atoms in total. The van der Waals surface area contributed by atoms with E-state index in [1.165, 1.54) is 0 Å². The summed E-state index contributed by atoms with van der Waals surface area (Å²) in [6.45, 7) is 0.0607. The van der Waals surface area contributed by atoms with Gasteiger partial charge in [-0.25, -0.2) is 0 Å². The van der Waals surface area contributed by atoms with Crippen molar-refractivity contribution in [3.05, 3.63) is 46.8 Å². The summed E-state index contributed by atoms with van der Waals surface area (Å²) in [5.41, 5.74) is 8.83. The minimum atomic E-state index is -0.515. The van der Waals surface area contributed by atoms with Crippen LogP contribution in [0.1, 0.15) is 17.0 Å². The van der Waals surface area contributed by atoms with Crippen LogP contribution in [-0.2, 0) is 0 Å². The molecule has 0 saturated carbocycles. The van der Waals surface area contributed by atoms with Gasteiger partial charge in [-0.3, -0.25) is 0 Å². The number of allylic oxidation sites excluding steroid dienone is 1. The Hall–Kier alpha value is -3.73. The van der Waals surface area contributed by atoms with Gasteiger partial charge >= 0.3 is 0 Å². The molecule has 2 aliphatic heterocycles. The molecule has 2 N–H and O–H groups in total. The number of methoxy groups -OCH3 is 2. The maximum Gasteiger partial charge on any atom is 0.231 e. The minimum absolute atomic E-state index is 0.0552. The number of benzene rings is 2. The van der Waals surface area contributed by atoms with E-state index in [0.717, 1.165) is 11.3 Å². The zero-order chi connectivity index (χ0) is 20.7. The Bertz CT molecular complexity index is 1060. The molecular formula is C21H21N3O5. The van der Waals surface area contributed by atoms with Crippen LogP contribution in [0.4, 0.5) is 5.69 Å². The number of ether oxygens (including phenoxy) is 5. The van der Waals surface area contributed by atoms with Gasteiger partial charge < -0.3 is 34.3 Å². The van der Waals surface area contributed by atoms with Crippen molar-refractivity contribution in [3.63, 3.8) is 0 Å². The lowest BCUT2D eigenvalue weighted by Gasteiger charge is -2.29. The van der Waals surface area contributed by atoms with Crippen molar-refractivity contribution in [2.45, 2.75) is 5.92 Å². The Morgan fingerprint density at radius 3 is 2.52 bits per heavy atom. The fraction of sp³-hybridized carbons (Fsp3) is 0.286. The number of nitrogens with zero attached hydrogens (tertiary/aromatic N) is 2. The monoisotopic (exact) mass is 395 g/mol. The van der Waals surface area contributed by atoms with Crippen LogP contribution < -0.4 is 34.3 Å². The van der Waals surface area contributed by atoms with E-state index in [1.807, 2.05) is 37.2 Å². The molecule has 0 aliphatic carbocycles. The molecule has 29 heavy (non-hydrogen) atoms. The summed E-state index contributed by atoms with van der Waals surface area (Å²) in [5.74, 6) is 1.99. The van der Waals surface area contributed by atoms with Crippen molar-refractivity contribution in [2.24, 2.45) is 5.73 Å². The zero-order valence-corrected chi connectivity index (χ0v) is 16.6. The van der Waals surface area contributed by atoms with Gasteiger partial charge in [0, 0.05) is 37.0 Å². The Labute approximate surface area is 168 Å². The van der Waals surface area contributed by atoms with Crippen molar-refractivity contribution >= 4 is 5.69 Å². The molecule has 0 amide bonds. The maximum atomic E-state index is 9.84. The first-order chi connectivity index (χ1) is 14.0. The predicted octanol–water partition coefficient (Wildman–Crippen LogP) is 2.72. The molecule has 0 spiro atoms. The van der Waals surface area contributed by atoms with Crippen molar-refractivity contribution in [1.82, 2.24) is 0 Å². The van der Waals surface area contributed by atoms with Crippen LogP contribution in [0.25, 0.3) is 0 Å². The SMILES string of the molecule is COc1cc(C2C(C#N)=C(N)Oc3cc(N(C)C)ccc32)c(OC)c2c1OCO2. The second-order valence-corrected chi connectivity index (χ2v) is 6.81. The molecule has 1 unspecified atom stereocenters. The molecule has 150 valence electrons. The summed E-state index contributed by atoms with van der Waals surface area (Å²) in [7, 11) is 6.97. The summed E-state index contributed by atoms with van der Waals surface area (Å²) >= 11 is 0. The van der Waals surface area contributed by atoms with E-state index < -0.39 is 5.92 Å². The van der Waals surface area contributed by atoms with E-state index in [4.69, 9.17) is 29.4 Å². The molecule has 0 fully saturated rings. The minimum Gasteiger partial charge on any atom is -0.493 e. The maximum absolute atomic E-state index is 9.84. The number of anilines is 1. The third-order valence-electron chi connectivity index (χ3n) is 5.05. The topological polar surface area (TPSA) is 99.2 Å². The van der Waals surface area contributed by atoms with E-state index in [9.17, 15) is 5.26 Å². The molecule has 2 aromatic rings. The average Bonchev–Trinajstić information content (AvgIpc) is 3.20. The number of nitriles is 1.